The minimum Gasteiger partial charge on any atom is -0.393 e. The van der Waals surface area contributed by atoms with Crippen molar-refractivity contribution in [2.75, 3.05) is 6.54 Å². The fraction of sp³-hybridized carbons (Fsp3) is 1.00. The first-order chi connectivity index (χ1) is 7.79. The molecule has 4 N–H and O–H groups in total. The molecule has 0 radical (unpaired) electrons. The maximum atomic E-state index is 9.67. The molecular weight excluding hydrogens is 200 g/mol. The summed E-state index contributed by atoms with van der Waals surface area (Å²) >= 11 is 0. The molecule has 2 aliphatic rings. The highest BCUT2D eigenvalue weighted by atomic mass is 16.3. The van der Waals surface area contributed by atoms with Crippen molar-refractivity contribution in [3.63, 3.8) is 0 Å². The number of nitrogens with two attached hydrogens (primary N) is 1. The van der Waals surface area contributed by atoms with Gasteiger partial charge in [0, 0.05) is 12.1 Å². The van der Waals surface area contributed by atoms with Gasteiger partial charge in [0.1, 0.15) is 0 Å². The molecule has 0 aromatic rings. The van der Waals surface area contributed by atoms with Gasteiger partial charge in [-0.3, -0.25) is 0 Å². The third-order valence-corrected chi connectivity index (χ3v) is 4.31. The van der Waals surface area contributed by atoms with Crippen LogP contribution in [0.1, 0.15) is 51.4 Å². The van der Waals surface area contributed by atoms with E-state index < -0.39 is 0 Å². The molecule has 0 saturated heterocycles. The number of nitrogens with one attached hydrogen (secondary N) is 1. The van der Waals surface area contributed by atoms with E-state index in [2.05, 4.69) is 5.32 Å². The molecule has 3 heteroatoms. The number of hydrogen-bond donors (Lipinski definition) is 3. The lowest BCUT2D eigenvalue weighted by Crippen LogP contribution is -2.48. The second-order valence-corrected chi connectivity index (χ2v) is 5.57. The van der Waals surface area contributed by atoms with Gasteiger partial charge in [0.2, 0.25) is 0 Å². The molecule has 94 valence electrons. The molecule has 0 aliphatic heterocycles. The zero-order valence-electron chi connectivity index (χ0n) is 10.2. The van der Waals surface area contributed by atoms with Crippen LogP contribution in [0.5, 0.6) is 0 Å². The zero-order valence-corrected chi connectivity index (χ0v) is 10.2. The molecule has 0 aromatic carbocycles. The molecule has 4 unspecified atom stereocenters. The van der Waals surface area contributed by atoms with Crippen molar-refractivity contribution >= 4 is 0 Å². The van der Waals surface area contributed by atoms with Crippen molar-refractivity contribution < 1.29 is 5.11 Å². The van der Waals surface area contributed by atoms with Gasteiger partial charge in [-0.05, 0) is 51.0 Å². The van der Waals surface area contributed by atoms with Gasteiger partial charge in [0.15, 0.2) is 0 Å². The van der Waals surface area contributed by atoms with Gasteiger partial charge >= 0.3 is 0 Å². The Balaban J connectivity index is 1.82. The standard InChI is InChI=1S/C13H26N2O/c14-9-10-4-1-2-7-13(10)15-11-5-3-6-12(16)8-11/h10-13,15-16H,1-9,14H2. The number of rotatable bonds is 3. The maximum absolute atomic E-state index is 9.67. The normalized spacial score (nSPS) is 40.9. The molecule has 2 rings (SSSR count). The Kier molecular flexibility index (Phi) is 4.62. The van der Waals surface area contributed by atoms with Crippen LogP contribution in [0.2, 0.25) is 0 Å². The highest BCUT2D eigenvalue weighted by Gasteiger charge is 2.28. The largest absolute Gasteiger partial charge is 0.393 e. The highest BCUT2D eigenvalue weighted by Crippen LogP contribution is 2.26. The zero-order chi connectivity index (χ0) is 11.4. The lowest BCUT2D eigenvalue weighted by atomic mass is 9.83. The summed E-state index contributed by atoms with van der Waals surface area (Å²) in [6, 6.07) is 1.13. The summed E-state index contributed by atoms with van der Waals surface area (Å²) in [5, 5.41) is 13.4. The van der Waals surface area contributed by atoms with Gasteiger partial charge in [0.25, 0.3) is 0 Å². The van der Waals surface area contributed by atoms with Crippen molar-refractivity contribution in [2.45, 2.75) is 69.6 Å². The molecule has 2 aliphatic carbocycles. The Morgan fingerprint density at radius 3 is 2.62 bits per heavy atom. The monoisotopic (exact) mass is 226 g/mol. The van der Waals surface area contributed by atoms with Crippen LogP contribution in [-0.4, -0.2) is 29.8 Å². The quantitative estimate of drug-likeness (QED) is 0.682. The topological polar surface area (TPSA) is 58.3 Å². The van der Waals surface area contributed by atoms with E-state index in [0.717, 1.165) is 19.4 Å². The molecule has 0 spiro atoms. The van der Waals surface area contributed by atoms with Crippen molar-refractivity contribution in [1.82, 2.24) is 5.32 Å². The van der Waals surface area contributed by atoms with E-state index in [0.29, 0.717) is 18.0 Å². The summed E-state index contributed by atoms with van der Waals surface area (Å²) in [4.78, 5) is 0. The van der Waals surface area contributed by atoms with Gasteiger partial charge in [-0.25, -0.2) is 0 Å². The summed E-state index contributed by atoms with van der Waals surface area (Å²) in [7, 11) is 0. The molecule has 2 fully saturated rings. The first-order valence-electron chi connectivity index (χ1n) is 6.93. The molecule has 2 saturated carbocycles. The number of aliphatic hydroxyl groups excluding tert-OH is 1. The lowest BCUT2D eigenvalue weighted by molar-refractivity contribution is 0.102. The van der Waals surface area contributed by atoms with Crippen LogP contribution in [0.15, 0.2) is 0 Å². The Hall–Kier alpha value is -0.120. The van der Waals surface area contributed by atoms with E-state index in [-0.39, 0.29) is 6.10 Å². The van der Waals surface area contributed by atoms with Crippen molar-refractivity contribution in [2.24, 2.45) is 11.7 Å². The van der Waals surface area contributed by atoms with E-state index in [1.807, 2.05) is 0 Å². The summed E-state index contributed by atoms with van der Waals surface area (Å²) < 4.78 is 0. The fourth-order valence-corrected chi connectivity index (χ4v) is 3.33. The Morgan fingerprint density at radius 1 is 1.06 bits per heavy atom. The molecule has 0 amide bonds. The minimum atomic E-state index is -0.0776. The van der Waals surface area contributed by atoms with Crippen LogP contribution in [-0.2, 0) is 0 Å². The molecule has 4 atom stereocenters. The average Bonchev–Trinajstić information content (AvgIpc) is 2.30. The smallest absolute Gasteiger partial charge is 0.0555 e. The predicted octanol–water partition coefficient (Wildman–Crippen LogP) is 1.40. The van der Waals surface area contributed by atoms with Crippen LogP contribution in [0.25, 0.3) is 0 Å². The summed E-state index contributed by atoms with van der Waals surface area (Å²) in [5.74, 6) is 0.660. The molecule has 3 nitrogen and oxygen atoms in total. The lowest BCUT2D eigenvalue weighted by Gasteiger charge is -2.36. The van der Waals surface area contributed by atoms with E-state index in [4.69, 9.17) is 5.73 Å². The molecule has 0 heterocycles. The highest BCUT2D eigenvalue weighted by molar-refractivity contribution is 4.86. The van der Waals surface area contributed by atoms with Crippen LogP contribution in [0.3, 0.4) is 0 Å². The number of hydrogen-bond acceptors (Lipinski definition) is 3. The predicted molar refractivity (Wildman–Crippen MR) is 66.2 cm³/mol. The van der Waals surface area contributed by atoms with Gasteiger partial charge < -0.3 is 16.2 Å². The summed E-state index contributed by atoms with van der Waals surface area (Å²) in [5.41, 5.74) is 5.84. The van der Waals surface area contributed by atoms with Crippen molar-refractivity contribution in [3.8, 4) is 0 Å². The van der Waals surface area contributed by atoms with E-state index in [1.165, 1.54) is 38.5 Å². The molecule has 0 bridgehead atoms. The summed E-state index contributed by atoms with van der Waals surface area (Å²) in [6.07, 6.45) is 9.47. The van der Waals surface area contributed by atoms with Crippen LogP contribution < -0.4 is 11.1 Å². The minimum absolute atomic E-state index is 0.0776. The van der Waals surface area contributed by atoms with Crippen LogP contribution >= 0.6 is 0 Å². The third-order valence-electron chi connectivity index (χ3n) is 4.31. The molecular formula is C13H26N2O. The fourth-order valence-electron chi connectivity index (χ4n) is 3.33. The second kappa shape index (κ2) is 5.99. The Bertz CT molecular complexity index is 210. The molecule has 0 aromatic heterocycles. The summed E-state index contributed by atoms with van der Waals surface area (Å²) in [6.45, 7) is 0.812. The van der Waals surface area contributed by atoms with E-state index in [9.17, 15) is 5.11 Å². The van der Waals surface area contributed by atoms with Gasteiger partial charge in [-0.15, -0.1) is 0 Å². The molecule has 16 heavy (non-hydrogen) atoms. The van der Waals surface area contributed by atoms with Gasteiger partial charge in [-0.1, -0.05) is 12.8 Å². The van der Waals surface area contributed by atoms with Crippen molar-refractivity contribution in [3.05, 3.63) is 0 Å². The van der Waals surface area contributed by atoms with Crippen molar-refractivity contribution in [1.29, 1.82) is 0 Å². The first kappa shape index (κ1) is 12.3. The van der Waals surface area contributed by atoms with E-state index in [1.54, 1.807) is 0 Å². The van der Waals surface area contributed by atoms with Crippen LogP contribution in [0.4, 0.5) is 0 Å². The third kappa shape index (κ3) is 3.19. The second-order valence-electron chi connectivity index (χ2n) is 5.57. The van der Waals surface area contributed by atoms with E-state index >= 15 is 0 Å². The van der Waals surface area contributed by atoms with Gasteiger partial charge in [-0.2, -0.15) is 0 Å². The average molecular weight is 226 g/mol. The first-order valence-corrected chi connectivity index (χ1v) is 6.93. The maximum Gasteiger partial charge on any atom is 0.0555 e. The number of aliphatic hydroxyl groups is 1. The van der Waals surface area contributed by atoms with Crippen LogP contribution in [0, 0.1) is 5.92 Å². The Morgan fingerprint density at radius 2 is 1.88 bits per heavy atom. The Labute approximate surface area is 98.8 Å². The SMILES string of the molecule is NCC1CCCCC1NC1CCCC(O)C1. The van der Waals surface area contributed by atoms with Gasteiger partial charge in [0.05, 0.1) is 6.10 Å².